The first-order valence-electron chi connectivity index (χ1n) is 6.22. The highest BCUT2D eigenvalue weighted by atomic mass is 16.4. The van der Waals surface area contributed by atoms with Crippen LogP contribution in [0.4, 0.5) is 0 Å². The molecule has 0 aromatic heterocycles. The van der Waals surface area contributed by atoms with Crippen LogP contribution in [0.1, 0.15) is 26.7 Å². The van der Waals surface area contributed by atoms with E-state index in [0.717, 1.165) is 39.0 Å². The summed E-state index contributed by atoms with van der Waals surface area (Å²) in [4.78, 5) is 25.8. The van der Waals surface area contributed by atoms with Crippen LogP contribution in [-0.2, 0) is 9.59 Å². The minimum Gasteiger partial charge on any atom is -0.480 e. The Kier molecular flexibility index (Phi) is 5.41. The van der Waals surface area contributed by atoms with Gasteiger partial charge in [-0.25, -0.2) is 0 Å². The number of nitrogens with zero attached hydrogens (tertiary/aromatic N) is 2. The van der Waals surface area contributed by atoms with Gasteiger partial charge in [0.25, 0.3) is 0 Å². The Hall–Kier alpha value is -1.10. The number of hydrogen-bond donors (Lipinski definition) is 1. The fourth-order valence-electron chi connectivity index (χ4n) is 2.36. The minimum absolute atomic E-state index is 0.0903. The van der Waals surface area contributed by atoms with Crippen molar-refractivity contribution >= 4 is 11.9 Å². The molecular formula is C12H22N2O3. The molecule has 1 N–H and O–H groups in total. The number of amides is 1. The molecule has 1 saturated heterocycles. The van der Waals surface area contributed by atoms with Gasteiger partial charge in [0, 0.05) is 26.6 Å². The smallest absolute Gasteiger partial charge is 0.317 e. The van der Waals surface area contributed by atoms with E-state index in [1.165, 1.54) is 0 Å². The average molecular weight is 242 g/mol. The maximum absolute atomic E-state index is 11.3. The number of aliphatic carboxylic acids is 1. The number of rotatable bonds is 5. The van der Waals surface area contributed by atoms with Crippen LogP contribution in [0.5, 0.6) is 0 Å². The van der Waals surface area contributed by atoms with Gasteiger partial charge in [0.2, 0.25) is 5.91 Å². The largest absolute Gasteiger partial charge is 0.480 e. The summed E-state index contributed by atoms with van der Waals surface area (Å²) in [6.45, 7) is 6.77. The fraction of sp³-hybridized carbons (Fsp3) is 0.833. The fourth-order valence-corrected chi connectivity index (χ4v) is 2.36. The molecule has 0 saturated carbocycles. The monoisotopic (exact) mass is 242 g/mol. The molecule has 0 spiro atoms. The first-order chi connectivity index (χ1) is 8.02. The lowest BCUT2D eigenvalue weighted by molar-refractivity contribution is -0.139. The lowest BCUT2D eigenvalue weighted by Crippen LogP contribution is -2.43. The Morgan fingerprint density at radius 3 is 2.71 bits per heavy atom. The Morgan fingerprint density at radius 1 is 1.47 bits per heavy atom. The number of likely N-dealkylation sites (tertiary alicyclic amines) is 1. The molecule has 0 unspecified atom stereocenters. The summed E-state index contributed by atoms with van der Waals surface area (Å²) < 4.78 is 0. The van der Waals surface area contributed by atoms with Gasteiger partial charge in [0.05, 0.1) is 6.54 Å². The molecule has 0 bridgehead atoms. The third-order valence-corrected chi connectivity index (χ3v) is 3.29. The average Bonchev–Trinajstić information content (AvgIpc) is 2.28. The summed E-state index contributed by atoms with van der Waals surface area (Å²) in [5.74, 6) is -0.256. The molecular weight excluding hydrogens is 220 g/mol. The van der Waals surface area contributed by atoms with Crippen molar-refractivity contribution in [1.29, 1.82) is 0 Å². The molecule has 0 aliphatic carbocycles. The highest BCUT2D eigenvalue weighted by Crippen LogP contribution is 2.17. The number of piperidine rings is 1. The molecule has 0 aromatic carbocycles. The SMILES string of the molecule is CCN(CC(=O)O)C[C@H]1CCCN(C(C)=O)C1. The lowest BCUT2D eigenvalue weighted by Gasteiger charge is -2.34. The van der Waals surface area contributed by atoms with E-state index >= 15 is 0 Å². The minimum atomic E-state index is -0.786. The van der Waals surface area contributed by atoms with E-state index < -0.39 is 5.97 Å². The number of carboxylic acids is 1. The van der Waals surface area contributed by atoms with Crippen molar-refractivity contribution in [2.45, 2.75) is 26.7 Å². The summed E-state index contributed by atoms with van der Waals surface area (Å²) in [7, 11) is 0. The first kappa shape index (κ1) is 14.0. The molecule has 1 heterocycles. The summed E-state index contributed by atoms with van der Waals surface area (Å²) in [5.41, 5.74) is 0. The number of carbonyl (C=O) groups excluding carboxylic acids is 1. The predicted molar refractivity (Wildman–Crippen MR) is 64.7 cm³/mol. The number of likely N-dealkylation sites (N-methyl/N-ethyl adjacent to an activating group) is 1. The lowest BCUT2D eigenvalue weighted by atomic mass is 9.97. The summed E-state index contributed by atoms with van der Waals surface area (Å²) in [5, 5.41) is 8.78. The standard InChI is InChI=1S/C12H22N2O3/c1-3-13(9-12(16)17)7-11-5-4-6-14(8-11)10(2)15/h11H,3-9H2,1-2H3,(H,16,17)/t11-/m1/s1. The van der Waals surface area contributed by atoms with Crippen molar-refractivity contribution in [1.82, 2.24) is 9.80 Å². The van der Waals surface area contributed by atoms with Gasteiger partial charge < -0.3 is 10.0 Å². The second-order valence-corrected chi connectivity index (χ2v) is 4.69. The van der Waals surface area contributed by atoms with Crippen LogP contribution in [0.2, 0.25) is 0 Å². The van der Waals surface area contributed by atoms with Gasteiger partial charge in [-0.2, -0.15) is 0 Å². The summed E-state index contributed by atoms with van der Waals surface area (Å²) in [6, 6.07) is 0. The second-order valence-electron chi connectivity index (χ2n) is 4.69. The third-order valence-electron chi connectivity index (χ3n) is 3.29. The van der Waals surface area contributed by atoms with E-state index in [-0.39, 0.29) is 12.5 Å². The summed E-state index contributed by atoms with van der Waals surface area (Å²) >= 11 is 0. The Bertz CT molecular complexity index is 281. The quantitative estimate of drug-likeness (QED) is 0.769. The van der Waals surface area contributed by atoms with Crippen molar-refractivity contribution in [2.75, 3.05) is 32.7 Å². The van der Waals surface area contributed by atoms with Crippen molar-refractivity contribution in [2.24, 2.45) is 5.92 Å². The highest BCUT2D eigenvalue weighted by molar-refractivity contribution is 5.73. The van der Waals surface area contributed by atoms with Crippen LogP contribution in [0.15, 0.2) is 0 Å². The maximum Gasteiger partial charge on any atom is 0.317 e. The third kappa shape index (κ3) is 4.73. The Balaban J connectivity index is 2.43. The molecule has 1 fully saturated rings. The van der Waals surface area contributed by atoms with Gasteiger partial charge in [0.15, 0.2) is 0 Å². The van der Waals surface area contributed by atoms with Crippen molar-refractivity contribution in [3.63, 3.8) is 0 Å². The molecule has 1 aliphatic heterocycles. The Labute approximate surface area is 102 Å². The highest BCUT2D eigenvalue weighted by Gasteiger charge is 2.23. The van der Waals surface area contributed by atoms with Crippen LogP contribution >= 0.6 is 0 Å². The first-order valence-corrected chi connectivity index (χ1v) is 6.22. The van der Waals surface area contributed by atoms with E-state index in [9.17, 15) is 9.59 Å². The van der Waals surface area contributed by atoms with Gasteiger partial charge in [0.1, 0.15) is 0 Å². The van der Waals surface area contributed by atoms with Gasteiger partial charge in [-0.1, -0.05) is 6.92 Å². The molecule has 1 atom stereocenters. The molecule has 98 valence electrons. The maximum atomic E-state index is 11.3. The van der Waals surface area contributed by atoms with Crippen LogP contribution in [0, 0.1) is 5.92 Å². The molecule has 17 heavy (non-hydrogen) atoms. The van der Waals surface area contributed by atoms with Crippen molar-refractivity contribution in [3.05, 3.63) is 0 Å². The van der Waals surface area contributed by atoms with Gasteiger partial charge in [-0.3, -0.25) is 14.5 Å². The molecule has 1 aliphatic rings. The zero-order valence-electron chi connectivity index (χ0n) is 10.7. The normalized spacial score (nSPS) is 20.6. The molecule has 0 radical (unpaired) electrons. The second kappa shape index (κ2) is 6.59. The van der Waals surface area contributed by atoms with Gasteiger partial charge in [-0.15, -0.1) is 0 Å². The van der Waals surface area contributed by atoms with E-state index in [1.54, 1.807) is 6.92 Å². The molecule has 0 aromatic rings. The van der Waals surface area contributed by atoms with Crippen molar-refractivity contribution in [3.8, 4) is 0 Å². The zero-order valence-corrected chi connectivity index (χ0v) is 10.7. The molecule has 1 rings (SSSR count). The molecule has 1 amide bonds. The number of hydrogen-bond acceptors (Lipinski definition) is 3. The van der Waals surface area contributed by atoms with Gasteiger partial charge in [-0.05, 0) is 25.3 Å². The van der Waals surface area contributed by atoms with E-state index in [1.807, 2.05) is 16.7 Å². The van der Waals surface area contributed by atoms with Crippen LogP contribution in [-0.4, -0.2) is 59.5 Å². The van der Waals surface area contributed by atoms with E-state index in [2.05, 4.69) is 0 Å². The van der Waals surface area contributed by atoms with Crippen molar-refractivity contribution < 1.29 is 14.7 Å². The zero-order chi connectivity index (χ0) is 12.8. The topological polar surface area (TPSA) is 60.9 Å². The number of carboxylic acid groups (broad SMARTS) is 1. The van der Waals surface area contributed by atoms with E-state index in [4.69, 9.17) is 5.11 Å². The Morgan fingerprint density at radius 2 is 2.18 bits per heavy atom. The van der Waals surface area contributed by atoms with E-state index in [0.29, 0.717) is 5.92 Å². The summed E-state index contributed by atoms with van der Waals surface area (Å²) in [6.07, 6.45) is 2.11. The van der Waals surface area contributed by atoms with Crippen LogP contribution in [0.25, 0.3) is 0 Å². The number of carbonyl (C=O) groups is 2. The molecule has 5 nitrogen and oxygen atoms in total. The molecule has 5 heteroatoms. The van der Waals surface area contributed by atoms with Crippen LogP contribution < -0.4 is 0 Å². The van der Waals surface area contributed by atoms with Crippen LogP contribution in [0.3, 0.4) is 0 Å². The van der Waals surface area contributed by atoms with Gasteiger partial charge >= 0.3 is 5.97 Å². The predicted octanol–water partition coefficient (Wildman–Crippen LogP) is 0.651.